The Morgan fingerprint density at radius 3 is 2.51 bits per heavy atom. The second-order valence-corrected chi connectivity index (χ2v) is 10.1. The Kier molecular flexibility index (Phi) is 8.93. The minimum atomic E-state index is -0.362. The van der Waals surface area contributed by atoms with E-state index in [0.29, 0.717) is 12.5 Å². The number of methoxy groups -OCH3 is 1. The lowest BCUT2D eigenvalue weighted by Crippen LogP contribution is -2.41. The average Bonchev–Trinajstić information content (AvgIpc) is 2.88. The van der Waals surface area contributed by atoms with Crippen molar-refractivity contribution in [3.8, 4) is 5.75 Å². The molecule has 2 aromatic carbocycles. The third kappa shape index (κ3) is 6.92. The van der Waals surface area contributed by atoms with Gasteiger partial charge in [-0.2, -0.15) is 5.10 Å². The molecule has 2 heterocycles. The summed E-state index contributed by atoms with van der Waals surface area (Å²) in [6.07, 6.45) is 6.55. The van der Waals surface area contributed by atoms with Crippen LogP contribution in [0, 0.1) is 5.92 Å². The van der Waals surface area contributed by atoms with Crippen molar-refractivity contribution < 1.29 is 4.74 Å². The van der Waals surface area contributed by atoms with Crippen LogP contribution in [-0.2, 0) is 19.5 Å². The molecule has 0 bridgehead atoms. The van der Waals surface area contributed by atoms with Crippen LogP contribution >= 0.6 is 15.9 Å². The van der Waals surface area contributed by atoms with E-state index < -0.39 is 0 Å². The van der Waals surface area contributed by atoms with Crippen molar-refractivity contribution in [2.45, 2.75) is 45.2 Å². The predicted octanol–water partition coefficient (Wildman–Crippen LogP) is 3.96. The summed E-state index contributed by atoms with van der Waals surface area (Å²) in [5.41, 5.74) is 1.53. The zero-order chi connectivity index (χ0) is 24.6. The van der Waals surface area contributed by atoms with Gasteiger partial charge < -0.3 is 9.64 Å². The zero-order valence-corrected chi connectivity index (χ0v) is 21.8. The molecule has 0 spiro atoms. The third-order valence-electron chi connectivity index (χ3n) is 6.77. The van der Waals surface area contributed by atoms with Gasteiger partial charge in [-0.1, -0.05) is 46.3 Å². The van der Waals surface area contributed by atoms with Gasteiger partial charge in [-0.3, -0.25) is 9.36 Å². The van der Waals surface area contributed by atoms with Crippen LogP contribution in [0.3, 0.4) is 0 Å². The molecule has 0 radical (unpaired) electrons. The molecule has 1 saturated heterocycles. The van der Waals surface area contributed by atoms with E-state index in [1.807, 2.05) is 36.4 Å². The SMILES string of the molecule is COc1ccc(Br)c(CC2CCN(CCCCn3ncc(=O)n(Cc4ccccc4)c3=O)CC2)c1. The minimum absolute atomic E-state index is 0.266. The molecule has 4 rings (SSSR count). The number of hydrogen-bond acceptors (Lipinski definition) is 5. The van der Waals surface area contributed by atoms with Gasteiger partial charge in [0.15, 0.2) is 0 Å². The smallest absolute Gasteiger partial charge is 0.347 e. The molecule has 1 fully saturated rings. The number of hydrogen-bond donors (Lipinski definition) is 0. The summed E-state index contributed by atoms with van der Waals surface area (Å²) in [5, 5.41) is 4.08. The van der Waals surface area contributed by atoms with Gasteiger partial charge in [0.2, 0.25) is 0 Å². The summed E-state index contributed by atoms with van der Waals surface area (Å²) in [5.74, 6) is 1.59. The molecule has 0 aliphatic carbocycles. The highest BCUT2D eigenvalue weighted by Crippen LogP contribution is 2.28. The van der Waals surface area contributed by atoms with E-state index in [2.05, 4.69) is 38.1 Å². The van der Waals surface area contributed by atoms with E-state index in [1.165, 1.54) is 33.9 Å². The summed E-state index contributed by atoms with van der Waals surface area (Å²) in [7, 11) is 1.71. The molecular formula is C27H33BrN4O3. The van der Waals surface area contributed by atoms with Crippen LogP contribution < -0.4 is 16.0 Å². The Hall–Kier alpha value is -2.71. The number of nitrogens with zero attached hydrogens (tertiary/aromatic N) is 4. The molecule has 1 aliphatic rings. The van der Waals surface area contributed by atoms with E-state index in [9.17, 15) is 9.59 Å². The van der Waals surface area contributed by atoms with E-state index in [4.69, 9.17) is 4.74 Å². The molecule has 1 aromatic heterocycles. The van der Waals surface area contributed by atoms with E-state index >= 15 is 0 Å². The summed E-state index contributed by atoms with van der Waals surface area (Å²) >= 11 is 3.68. The van der Waals surface area contributed by atoms with Gasteiger partial charge in [0.05, 0.1) is 13.7 Å². The molecule has 35 heavy (non-hydrogen) atoms. The van der Waals surface area contributed by atoms with E-state index in [1.54, 1.807) is 7.11 Å². The van der Waals surface area contributed by atoms with Gasteiger partial charge in [-0.25, -0.2) is 9.48 Å². The van der Waals surface area contributed by atoms with E-state index in [0.717, 1.165) is 54.7 Å². The van der Waals surface area contributed by atoms with Crippen molar-refractivity contribution in [3.05, 3.63) is 91.2 Å². The van der Waals surface area contributed by atoms with Crippen molar-refractivity contribution in [2.75, 3.05) is 26.7 Å². The predicted molar refractivity (Wildman–Crippen MR) is 141 cm³/mol. The number of piperidine rings is 1. The molecule has 186 valence electrons. The standard InChI is InChI=1S/C27H33BrN4O3/c1-35-24-9-10-25(28)23(18-24)17-21-11-15-30(16-12-21)13-5-6-14-32-27(34)31(26(33)19-29-32)20-22-7-3-2-4-8-22/h2-4,7-10,18-19,21H,5-6,11-17,20H2,1H3. The van der Waals surface area contributed by atoms with Crippen LogP contribution in [0.1, 0.15) is 36.8 Å². The second kappa shape index (κ2) is 12.3. The largest absolute Gasteiger partial charge is 0.497 e. The number of aryl methyl sites for hydroxylation is 1. The van der Waals surface area contributed by atoms with Crippen molar-refractivity contribution in [1.82, 2.24) is 19.2 Å². The fourth-order valence-corrected chi connectivity index (χ4v) is 5.10. The fraction of sp³-hybridized carbons (Fsp3) is 0.444. The lowest BCUT2D eigenvalue weighted by atomic mass is 9.90. The molecule has 1 aliphatic heterocycles. The van der Waals surface area contributed by atoms with Crippen molar-refractivity contribution in [3.63, 3.8) is 0 Å². The van der Waals surface area contributed by atoms with Gasteiger partial charge in [0, 0.05) is 11.0 Å². The number of aromatic nitrogens is 3. The van der Waals surface area contributed by atoms with Crippen LogP contribution in [0.2, 0.25) is 0 Å². The highest BCUT2D eigenvalue weighted by molar-refractivity contribution is 9.10. The molecule has 0 N–H and O–H groups in total. The number of rotatable bonds is 10. The molecule has 0 atom stereocenters. The number of halogens is 1. The first-order valence-electron chi connectivity index (χ1n) is 12.3. The highest BCUT2D eigenvalue weighted by Gasteiger charge is 2.20. The van der Waals surface area contributed by atoms with Gasteiger partial charge in [-0.05, 0) is 87.0 Å². The normalized spacial score (nSPS) is 14.8. The first kappa shape index (κ1) is 25.4. The van der Waals surface area contributed by atoms with Crippen LogP contribution in [0.5, 0.6) is 5.75 Å². The van der Waals surface area contributed by atoms with E-state index in [-0.39, 0.29) is 17.8 Å². The quantitative estimate of drug-likeness (QED) is 0.364. The Morgan fingerprint density at radius 2 is 1.77 bits per heavy atom. The summed E-state index contributed by atoms with van der Waals surface area (Å²) in [6.45, 7) is 4.02. The molecule has 8 heteroatoms. The molecule has 7 nitrogen and oxygen atoms in total. The maximum absolute atomic E-state index is 12.8. The molecule has 3 aromatic rings. The Balaban J connectivity index is 1.22. The average molecular weight is 541 g/mol. The van der Waals surface area contributed by atoms with Crippen molar-refractivity contribution in [1.29, 1.82) is 0 Å². The van der Waals surface area contributed by atoms with Crippen LogP contribution in [0.4, 0.5) is 0 Å². The van der Waals surface area contributed by atoms with Crippen molar-refractivity contribution in [2.24, 2.45) is 5.92 Å². The summed E-state index contributed by atoms with van der Waals surface area (Å²) in [4.78, 5) is 27.5. The third-order valence-corrected chi connectivity index (χ3v) is 7.55. The number of ether oxygens (including phenoxy) is 1. The van der Waals surface area contributed by atoms with Crippen LogP contribution in [0.15, 0.2) is 68.8 Å². The van der Waals surface area contributed by atoms with Gasteiger partial charge in [0.1, 0.15) is 11.9 Å². The van der Waals surface area contributed by atoms with Gasteiger partial charge in [0.25, 0.3) is 5.56 Å². The maximum atomic E-state index is 12.8. The fourth-order valence-electron chi connectivity index (χ4n) is 4.69. The first-order valence-corrected chi connectivity index (χ1v) is 13.1. The Morgan fingerprint density at radius 1 is 1.03 bits per heavy atom. The molecule has 0 amide bonds. The van der Waals surface area contributed by atoms with Gasteiger partial charge in [-0.15, -0.1) is 0 Å². The van der Waals surface area contributed by atoms with Gasteiger partial charge >= 0.3 is 5.69 Å². The van der Waals surface area contributed by atoms with Crippen LogP contribution in [0.25, 0.3) is 0 Å². The Bertz CT molecular complexity index is 1220. The highest BCUT2D eigenvalue weighted by atomic mass is 79.9. The number of benzene rings is 2. The molecule has 0 saturated carbocycles. The summed E-state index contributed by atoms with van der Waals surface area (Å²) < 4.78 is 9.21. The lowest BCUT2D eigenvalue weighted by molar-refractivity contribution is 0.180. The maximum Gasteiger partial charge on any atom is 0.347 e. The monoisotopic (exact) mass is 540 g/mol. The lowest BCUT2D eigenvalue weighted by Gasteiger charge is -2.32. The van der Waals surface area contributed by atoms with Crippen molar-refractivity contribution >= 4 is 15.9 Å². The first-order chi connectivity index (χ1) is 17.0. The molecule has 0 unspecified atom stereocenters. The summed E-state index contributed by atoms with van der Waals surface area (Å²) in [6, 6.07) is 15.7. The number of likely N-dealkylation sites (tertiary alicyclic amines) is 1. The van der Waals surface area contributed by atoms with Crippen LogP contribution in [-0.4, -0.2) is 46.0 Å². The minimum Gasteiger partial charge on any atom is -0.497 e. The molecular weight excluding hydrogens is 508 g/mol. The topological polar surface area (TPSA) is 69.4 Å². The second-order valence-electron chi connectivity index (χ2n) is 9.21. The number of unbranched alkanes of at least 4 members (excludes halogenated alkanes) is 1. The Labute approximate surface area is 214 Å². The zero-order valence-electron chi connectivity index (χ0n) is 20.2.